The van der Waals surface area contributed by atoms with Crippen LogP contribution in [-0.2, 0) is 23.9 Å². The molecule has 174 valence electrons. The predicted molar refractivity (Wildman–Crippen MR) is 112 cm³/mol. The molecule has 11 heteroatoms. The number of hydrogen-bond acceptors (Lipinski definition) is 6. The Morgan fingerprint density at radius 2 is 2.06 bits per heavy atom. The Morgan fingerprint density at radius 1 is 1.30 bits per heavy atom. The molecule has 0 saturated heterocycles. The third kappa shape index (κ3) is 4.36. The Morgan fingerprint density at radius 3 is 2.73 bits per heavy atom. The zero-order valence-corrected chi connectivity index (χ0v) is 17.6. The highest BCUT2D eigenvalue weighted by atomic mass is 19.4. The van der Waals surface area contributed by atoms with Crippen molar-refractivity contribution in [3.8, 4) is 0 Å². The van der Waals surface area contributed by atoms with Crippen molar-refractivity contribution in [1.29, 1.82) is 0 Å². The number of aliphatic hydroxyl groups is 1. The molecule has 0 aliphatic carbocycles. The van der Waals surface area contributed by atoms with Crippen molar-refractivity contribution in [3.63, 3.8) is 0 Å². The SMILES string of the molecule is Cc1oc2ccc(N3CCc4cnc(C(F)(F)F)cc4C3)cc2c1C(=O)N[C@@H](CO)C(N)=O. The summed E-state index contributed by atoms with van der Waals surface area (Å²) in [5.74, 6) is -1.20. The van der Waals surface area contributed by atoms with Gasteiger partial charge >= 0.3 is 6.18 Å². The second kappa shape index (κ2) is 8.39. The summed E-state index contributed by atoms with van der Waals surface area (Å²) >= 11 is 0. The van der Waals surface area contributed by atoms with Crippen molar-refractivity contribution >= 4 is 28.5 Å². The van der Waals surface area contributed by atoms with E-state index < -0.39 is 36.3 Å². The van der Waals surface area contributed by atoms with Gasteiger partial charge in [-0.1, -0.05) is 0 Å². The zero-order valence-electron chi connectivity index (χ0n) is 17.6. The number of fused-ring (bicyclic) bond motifs is 2. The van der Waals surface area contributed by atoms with Gasteiger partial charge in [0.25, 0.3) is 5.91 Å². The van der Waals surface area contributed by atoms with Gasteiger partial charge in [-0.25, -0.2) is 0 Å². The molecular formula is C22H21F3N4O4. The molecule has 3 aromatic rings. The number of aromatic nitrogens is 1. The minimum atomic E-state index is -4.52. The fourth-order valence-corrected chi connectivity index (χ4v) is 3.94. The highest BCUT2D eigenvalue weighted by Gasteiger charge is 2.33. The minimum absolute atomic E-state index is 0.188. The van der Waals surface area contributed by atoms with Crippen molar-refractivity contribution in [2.45, 2.75) is 32.1 Å². The van der Waals surface area contributed by atoms with Gasteiger partial charge in [0, 0.05) is 30.4 Å². The van der Waals surface area contributed by atoms with E-state index in [9.17, 15) is 27.9 Å². The quantitative estimate of drug-likeness (QED) is 0.535. The van der Waals surface area contributed by atoms with Gasteiger partial charge in [0.05, 0.1) is 12.2 Å². The topological polar surface area (TPSA) is 122 Å². The molecule has 0 bridgehead atoms. The Balaban J connectivity index is 1.66. The predicted octanol–water partition coefficient (Wildman–Crippen LogP) is 2.29. The van der Waals surface area contributed by atoms with Crippen molar-refractivity contribution in [1.82, 2.24) is 10.3 Å². The summed E-state index contributed by atoms with van der Waals surface area (Å²) in [7, 11) is 0. The van der Waals surface area contributed by atoms with Gasteiger partial charge < -0.3 is 25.5 Å². The molecule has 8 nitrogen and oxygen atoms in total. The molecule has 0 radical (unpaired) electrons. The zero-order chi connectivity index (χ0) is 23.9. The van der Waals surface area contributed by atoms with Crippen LogP contribution >= 0.6 is 0 Å². The first-order chi connectivity index (χ1) is 15.6. The third-order valence-electron chi connectivity index (χ3n) is 5.66. The molecule has 0 fully saturated rings. The lowest BCUT2D eigenvalue weighted by Crippen LogP contribution is -2.46. The molecule has 0 saturated carbocycles. The number of aryl methyl sites for hydroxylation is 1. The maximum Gasteiger partial charge on any atom is 0.433 e. The van der Waals surface area contributed by atoms with E-state index in [-0.39, 0.29) is 12.1 Å². The summed E-state index contributed by atoms with van der Waals surface area (Å²) in [6.07, 6.45) is -2.73. The number of nitrogens with two attached hydrogens (primary N) is 1. The van der Waals surface area contributed by atoms with Crippen LogP contribution in [0, 0.1) is 6.92 Å². The normalized spacial score (nSPS) is 14.8. The second-order valence-electron chi connectivity index (χ2n) is 7.83. The molecule has 4 N–H and O–H groups in total. The Hall–Kier alpha value is -3.60. The van der Waals surface area contributed by atoms with Crippen LogP contribution in [0.15, 0.2) is 34.9 Å². The fraction of sp³-hybridized carbons (Fsp3) is 0.318. The standard InChI is InChI=1S/C22H21F3N4O4/c1-11-19(21(32)28-16(10-30)20(26)31)15-7-14(2-3-17(15)33-11)29-5-4-12-8-27-18(22(23,24)25)6-13(12)9-29/h2-3,6-8,16,30H,4-5,9-10H2,1H3,(H2,26,31)(H,28,32)/t16-/m0/s1. The number of hydrogen-bond donors (Lipinski definition) is 3. The molecule has 4 rings (SSSR count). The lowest BCUT2D eigenvalue weighted by molar-refractivity contribution is -0.141. The number of primary amides is 1. The largest absolute Gasteiger partial charge is 0.461 e. The average Bonchev–Trinajstić information content (AvgIpc) is 3.10. The monoisotopic (exact) mass is 462 g/mol. The fourth-order valence-electron chi connectivity index (χ4n) is 3.94. The van der Waals surface area contributed by atoms with Crippen LogP contribution in [0.4, 0.5) is 18.9 Å². The van der Waals surface area contributed by atoms with E-state index in [1.807, 2.05) is 4.90 Å². The van der Waals surface area contributed by atoms with Gasteiger partial charge in [0.15, 0.2) is 0 Å². The van der Waals surface area contributed by atoms with Gasteiger partial charge in [-0.05, 0) is 48.7 Å². The smallest absolute Gasteiger partial charge is 0.433 e. The first-order valence-corrected chi connectivity index (χ1v) is 10.1. The Kier molecular flexibility index (Phi) is 5.75. The lowest BCUT2D eigenvalue weighted by Gasteiger charge is -2.31. The van der Waals surface area contributed by atoms with Crippen molar-refractivity contribution in [2.24, 2.45) is 5.73 Å². The summed E-state index contributed by atoms with van der Waals surface area (Å²) in [6.45, 7) is 1.75. The van der Waals surface area contributed by atoms with E-state index in [0.29, 0.717) is 40.9 Å². The maximum atomic E-state index is 13.1. The summed E-state index contributed by atoms with van der Waals surface area (Å²) in [5, 5.41) is 12.1. The molecule has 0 spiro atoms. The van der Waals surface area contributed by atoms with Gasteiger partial charge in [-0.15, -0.1) is 0 Å². The highest BCUT2D eigenvalue weighted by Crippen LogP contribution is 2.34. The number of benzene rings is 1. The number of furan rings is 1. The van der Waals surface area contributed by atoms with Crippen LogP contribution in [0.3, 0.4) is 0 Å². The number of rotatable bonds is 5. The van der Waals surface area contributed by atoms with Crippen LogP contribution in [0.25, 0.3) is 11.0 Å². The molecule has 0 unspecified atom stereocenters. The number of nitrogens with one attached hydrogen (secondary N) is 1. The Labute approximate surface area is 186 Å². The van der Waals surface area contributed by atoms with Crippen LogP contribution in [0.2, 0.25) is 0 Å². The van der Waals surface area contributed by atoms with E-state index >= 15 is 0 Å². The van der Waals surface area contributed by atoms with Gasteiger partial charge in [0.1, 0.15) is 23.1 Å². The maximum absolute atomic E-state index is 13.1. The lowest BCUT2D eigenvalue weighted by atomic mass is 10.00. The van der Waals surface area contributed by atoms with Crippen LogP contribution in [0.1, 0.15) is 32.9 Å². The molecule has 1 atom stereocenters. The molecule has 2 amide bonds. The summed E-state index contributed by atoms with van der Waals surface area (Å²) in [5.41, 5.74) is 6.86. The molecule has 1 aromatic carbocycles. The number of pyridine rings is 1. The Bertz CT molecular complexity index is 1240. The van der Waals surface area contributed by atoms with Gasteiger partial charge in [-0.3, -0.25) is 14.6 Å². The number of nitrogens with zero attached hydrogens (tertiary/aromatic N) is 2. The number of aliphatic hydroxyl groups excluding tert-OH is 1. The van der Waals surface area contributed by atoms with E-state index in [1.54, 1.807) is 25.1 Å². The number of amides is 2. The number of anilines is 1. The summed E-state index contributed by atoms with van der Waals surface area (Å²) in [4.78, 5) is 29.6. The number of carbonyl (C=O) groups is 2. The first-order valence-electron chi connectivity index (χ1n) is 10.1. The van der Waals surface area contributed by atoms with Crippen molar-refractivity contribution < 1.29 is 32.3 Å². The molecule has 2 aromatic heterocycles. The van der Waals surface area contributed by atoms with Crippen molar-refractivity contribution in [3.05, 3.63) is 58.6 Å². The van der Waals surface area contributed by atoms with E-state index in [4.69, 9.17) is 10.2 Å². The molecule has 3 heterocycles. The van der Waals surface area contributed by atoms with E-state index in [0.717, 1.165) is 11.6 Å². The number of halogens is 3. The number of carbonyl (C=O) groups excluding carboxylic acids is 2. The van der Waals surface area contributed by atoms with Crippen LogP contribution < -0.4 is 16.0 Å². The molecule has 1 aliphatic rings. The van der Waals surface area contributed by atoms with E-state index in [1.165, 1.54) is 6.20 Å². The summed E-state index contributed by atoms with van der Waals surface area (Å²) in [6, 6.07) is 4.98. The minimum Gasteiger partial charge on any atom is -0.461 e. The number of alkyl halides is 3. The highest BCUT2D eigenvalue weighted by molar-refractivity contribution is 6.09. The van der Waals surface area contributed by atoms with Gasteiger partial charge in [0.2, 0.25) is 5.91 Å². The van der Waals surface area contributed by atoms with Gasteiger partial charge in [-0.2, -0.15) is 13.2 Å². The average molecular weight is 462 g/mol. The van der Waals surface area contributed by atoms with Crippen LogP contribution in [0.5, 0.6) is 0 Å². The second-order valence-corrected chi connectivity index (χ2v) is 7.83. The van der Waals surface area contributed by atoms with Crippen LogP contribution in [-0.4, -0.2) is 41.1 Å². The molecule has 33 heavy (non-hydrogen) atoms. The summed E-state index contributed by atoms with van der Waals surface area (Å²) < 4.78 is 44.9. The van der Waals surface area contributed by atoms with E-state index in [2.05, 4.69) is 10.3 Å². The first kappa shape index (κ1) is 22.6. The van der Waals surface area contributed by atoms with Crippen molar-refractivity contribution in [2.75, 3.05) is 18.1 Å². The molecular weight excluding hydrogens is 441 g/mol. The third-order valence-corrected chi connectivity index (χ3v) is 5.66. The molecule has 1 aliphatic heterocycles.